The molecule has 1 N–H and O–H groups in total. The lowest BCUT2D eigenvalue weighted by molar-refractivity contribution is 0.113. The van der Waals surface area contributed by atoms with Crippen molar-refractivity contribution in [1.82, 2.24) is 4.90 Å². The SMILES string of the molecule is N#CCCN(Cc1ccccc1)C[C@H](O)c1cccs1. The quantitative estimate of drug-likeness (QED) is 0.850. The molecule has 0 aliphatic rings. The minimum absolute atomic E-state index is 0.476. The Bertz CT molecular complexity index is 533. The van der Waals surface area contributed by atoms with Gasteiger partial charge in [-0.1, -0.05) is 36.4 Å². The van der Waals surface area contributed by atoms with Crippen LogP contribution in [0.4, 0.5) is 0 Å². The van der Waals surface area contributed by atoms with Crippen LogP contribution in [0.15, 0.2) is 47.8 Å². The van der Waals surface area contributed by atoms with E-state index in [9.17, 15) is 5.11 Å². The summed E-state index contributed by atoms with van der Waals surface area (Å²) in [5.41, 5.74) is 1.20. The number of benzene rings is 1. The van der Waals surface area contributed by atoms with Crippen molar-refractivity contribution in [3.63, 3.8) is 0 Å². The average Bonchev–Trinajstić information content (AvgIpc) is 3.00. The Hall–Kier alpha value is -1.67. The van der Waals surface area contributed by atoms with Gasteiger partial charge in [0.1, 0.15) is 6.10 Å². The van der Waals surface area contributed by atoms with Gasteiger partial charge in [0.2, 0.25) is 0 Å². The van der Waals surface area contributed by atoms with E-state index in [1.165, 1.54) is 5.56 Å². The van der Waals surface area contributed by atoms with Gasteiger partial charge in [-0.2, -0.15) is 5.26 Å². The van der Waals surface area contributed by atoms with Crippen molar-refractivity contribution in [2.75, 3.05) is 13.1 Å². The molecule has 0 aliphatic carbocycles. The molecule has 0 saturated carbocycles. The van der Waals surface area contributed by atoms with E-state index in [1.54, 1.807) is 11.3 Å². The number of hydrogen-bond donors (Lipinski definition) is 1. The second kappa shape index (κ2) is 7.81. The van der Waals surface area contributed by atoms with Crippen LogP contribution in [0.1, 0.15) is 23.0 Å². The van der Waals surface area contributed by atoms with Gasteiger partial charge >= 0.3 is 0 Å². The monoisotopic (exact) mass is 286 g/mol. The molecule has 1 aromatic carbocycles. The molecule has 1 atom stereocenters. The van der Waals surface area contributed by atoms with Crippen LogP contribution in [0.3, 0.4) is 0 Å². The number of aliphatic hydroxyl groups is 1. The van der Waals surface area contributed by atoms with E-state index in [1.807, 2.05) is 35.7 Å². The van der Waals surface area contributed by atoms with Crippen LogP contribution in [0.5, 0.6) is 0 Å². The topological polar surface area (TPSA) is 47.3 Å². The molecule has 0 saturated heterocycles. The third kappa shape index (κ3) is 4.46. The zero-order valence-electron chi connectivity index (χ0n) is 11.3. The third-order valence-corrected chi connectivity index (χ3v) is 4.07. The molecule has 0 spiro atoms. The summed E-state index contributed by atoms with van der Waals surface area (Å²) in [7, 11) is 0. The lowest BCUT2D eigenvalue weighted by Gasteiger charge is -2.23. The summed E-state index contributed by atoms with van der Waals surface area (Å²) in [5.74, 6) is 0. The summed E-state index contributed by atoms with van der Waals surface area (Å²) in [6.07, 6.45) is -0.0123. The van der Waals surface area contributed by atoms with E-state index >= 15 is 0 Å². The molecule has 0 aliphatic heterocycles. The number of rotatable bonds is 7. The van der Waals surface area contributed by atoms with E-state index < -0.39 is 6.10 Å². The normalized spacial score (nSPS) is 12.2. The summed E-state index contributed by atoms with van der Waals surface area (Å²) < 4.78 is 0. The van der Waals surface area contributed by atoms with Gasteiger partial charge in [0.25, 0.3) is 0 Å². The van der Waals surface area contributed by atoms with Crippen molar-refractivity contribution >= 4 is 11.3 Å². The smallest absolute Gasteiger partial charge is 0.101 e. The zero-order valence-corrected chi connectivity index (χ0v) is 12.1. The van der Waals surface area contributed by atoms with E-state index in [2.05, 4.69) is 23.1 Å². The highest BCUT2D eigenvalue weighted by Crippen LogP contribution is 2.20. The van der Waals surface area contributed by atoms with Crippen LogP contribution < -0.4 is 0 Å². The summed E-state index contributed by atoms with van der Waals surface area (Å²) >= 11 is 1.56. The standard InChI is InChI=1S/C16H18N2OS/c17-9-5-10-18(12-14-6-2-1-3-7-14)13-15(19)16-8-4-11-20-16/h1-4,6-8,11,15,19H,5,10,12-13H2/t15-/m0/s1. The summed E-state index contributed by atoms with van der Waals surface area (Å²) in [6, 6.07) is 16.2. The Kier molecular flexibility index (Phi) is 5.75. The predicted molar refractivity (Wildman–Crippen MR) is 81.2 cm³/mol. The fraction of sp³-hybridized carbons (Fsp3) is 0.312. The maximum Gasteiger partial charge on any atom is 0.101 e. The highest BCUT2D eigenvalue weighted by molar-refractivity contribution is 7.10. The molecule has 20 heavy (non-hydrogen) atoms. The van der Waals surface area contributed by atoms with Gasteiger partial charge in [0.05, 0.1) is 6.07 Å². The Labute approximate surface area is 123 Å². The number of aliphatic hydroxyl groups excluding tert-OH is 1. The van der Waals surface area contributed by atoms with E-state index in [0.717, 1.165) is 11.4 Å². The maximum atomic E-state index is 10.2. The molecular weight excluding hydrogens is 268 g/mol. The second-order valence-corrected chi connectivity index (χ2v) is 5.64. The first-order chi connectivity index (χ1) is 9.79. The molecule has 0 radical (unpaired) electrons. The lowest BCUT2D eigenvalue weighted by atomic mass is 10.2. The van der Waals surface area contributed by atoms with E-state index in [-0.39, 0.29) is 0 Å². The van der Waals surface area contributed by atoms with Crippen molar-refractivity contribution in [1.29, 1.82) is 5.26 Å². The minimum Gasteiger partial charge on any atom is -0.386 e. The van der Waals surface area contributed by atoms with Crippen molar-refractivity contribution in [2.24, 2.45) is 0 Å². The molecule has 1 aromatic heterocycles. The van der Waals surface area contributed by atoms with Crippen molar-refractivity contribution in [2.45, 2.75) is 19.1 Å². The molecule has 104 valence electrons. The van der Waals surface area contributed by atoms with Gasteiger partial charge < -0.3 is 5.11 Å². The molecule has 0 unspecified atom stereocenters. The fourth-order valence-electron chi connectivity index (χ4n) is 2.10. The van der Waals surface area contributed by atoms with Gasteiger partial charge in [-0.3, -0.25) is 4.90 Å². The first-order valence-electron chi connectivity index (χ1n) is 6.64. The Balaban J connectivity index is 1.98. The first-order valence-corrected chi connectivity index (χ1v) is 7.52. The highest BCUT2D eigenvalue weighted by Gasteiger charge is 2.14. The molecule has 3 nitrogen and oxygen atoms in total. The van der Waals surface area contributed by atoms with E-state index in [4.69, 9.17) is 5.26 Å². The number of nitrogens with zero attached hydrogens (tertiary/aromatic N) is 2. The van der Waals surface area contributed by atoms with Gasteiger partial charge in [0.15, 0.2) is 0 Å². The van der Waals surface area contributed by atoms with Gasteiger partial charge in [-0.25, -0.2) is 0 Å². The molecule has 2 rings (SSSR count). The Morgan fingerprint density at radius 2 is 2.00 bits per heavy atom. The predicted octanol–water partition coefficient (Wildman–Crippen LogP) is 3.20. The van der Waals surface area contributed by atoms with E-state index in [0.29, 0.717) is 19.5 Å². The molecule has 0 amide bonds. The highest BCUT2D eigenvalue weighted by atomic mass is 32.1. The van der Waals surface area contributed by atoms with Crippen LogP contribution in [0.25, 0.3) is 0 Å². The van der Waals surface area contributed by atoms with Crippen LogP contribution >= 0.6 is 11.3 Å². The Morgan fingerprint density at radius 1 is 1.20 bits per heavy atom. The summed E-state index contributed by atoms with van der Waals surface area (Å²) in [5, 5.41) is 21.0. The van der Waals surface area contributed by atoms with Crippen molar-refractivity contribution in [3.05, 3.63) is 58.3 Å². The maximum absolute atomic E-state index is 10.2. The number of thiophene rings is 1. The lowest BCUT2D eigenvalue weighted by Crippen LogP contribution is -2.29. The molecule has 1 heterocycles. The molecule has 2 aromatic rings. The third-order valence-electron chi connectivity index (χ3n) is 3.09. The van der Waals surface area contributed by atoms with Gasteiger partial charge in [-0.05, 0) is 17.0 Å². The number of hydrogen-bond acceptors (Lipinski definition) is 4. The fourth-order valence-corrected chi connectivity index (χ4v) is 2.80. The molecular formula is C16H18N2OS. The zero-order chi connectivity index (χ0) is 14.2. The molecule has 0 bridgehead atoms. The van der Waals surface area contributed by atoms with Gasteiger partial charge in [0, 0.05) is 30.9 Å². The summed E-state index contributed by atoms with van der Waals surface area (Å²) in [6.45, 7) is 1.98. The van der Waals surface area contributed by atoms with Crippen LogP contribution in [0, 0.1) is 11.3 Å². The molecule has 0 fully saturated rings. The van der Waals surface area contributed by atoms with Crippen molar-refractivity contribution in [3.8, 4) is 6.07 Å². The minimum atomic E-state index is -0.489. The average molecular weight is 286 g/mol. The van der Waals surface area contributed by atoms with Crippen molar-refractivity contribution < 1.29 is 5.11 Å². The van der Waals surface area contributed by atoms with Gasteiger partial charge in [-0.15, -0.1) is 11.3 Å². The van der Waals surface area contributed by atoms with Crippen LogP contribution in [0.2, 0.25) is 0 Å². The largest absolute Gasteiger partial charge is 0.386 e. The summed E-state index contributed by atoms with van der Waals surface area (Å²) in [4.78, 5) is 3.10. The first kappa shape index (κ1) is 14.7. The van der Waals surface area contributed by atoms with Crippen LogP contribution in [-0.2, 0) is 6.54 Å². The number of nitriles is 1. The Morgan fingerprint density at radius 3 is 2.65 bits per heavy atom. The van der Waals surface area contributed by atoms with Crippen LogP contribution in [-0.4, -0.2) is 23.1 Å². The second-order valence-electron chi connectivity index (χ2n) is 4.66. The molecule has 4 heteroatoms.